The Morgan fingerprint density at radius 2 is 2.37 bits per heavy atom. The standard InChI is InChI=1S/C11H13BrN4O3/c1-2-3-7(6-10(17)18)16-11(13-14-15-16)8-4-5-9(12)19-8/h4-5,7H,2-3,6H2,1H3,(H,17,18). The summed E-state index contributed by atoms with van der Waals surface area (Å²) < 4.78 is 7.50. The van der Waals surface area contributed by atoms with Gasteiger partial charge in [-0.2, -0.15) is 0 Å². The number of hydrogen-bond acceptors (Lipinski definition) is 5. The molecule has 1 N–H and O–H groups in total. The van der Waals surface area contributed by atoms with E-state index in [0.29, 0.717) is 22.7 Å². The second-order valence-corrected chi connectivity index (χ2v) is 4.87. The van der Waals surface area contributed by atoms with Gasteiger partial charge in [0.15, 0.2) is 10.4 Å². The van der Waals surface area contributed by atoms with Crippen molar-refractivity contribution in [1.29, 1.82) is 0 Å². The van der Waals surface area contributed by atoms with Crippen molar-refractivity contribution in [3.05, 3.63) is 16.8 Å². The van der Waals surface area contributed by atoms with E-state index in [0.717, 1.165) is 6.42 Å². The van der Waals surface area contributed by atoms with E-state index in [2.05, 4.69) is 31.5 Å². The Morgan fingerprint density at radius 3 is 2.95 bits per heavy atom. The van der Waals surface area contributed by atoms with Crippen LogP contribution in [0.2, 0.25) is 0 Å². The highest BCUT2D eigenvalue weighted by Gasteiger charge is 2.22. The summed E-state index contributed by atoms with van der Waals surface area (Å²) in [6.45, 7) is 1.99. The Bertz CT molecular complexity index is 566. The molecule has 0 spiro atoms. The van der Waals surface area contributed by atoms with Crippen LogP contribution in [-0.4, -0.2) is 31.3 Å². The number of carboxylic acids is 1. The van der Waals surface area contributed by atoms with Gasteiger partial charge in [-0.15, -0.1) is 5.10 Å². The number of nitrogens with zero attached hydrogens (tertiary/aromatic N) is 4. The second kappa shape index (κ2) is 5.96. The summed E-state index contributed by atoms with van der Waals surface area (Å²) in [5, 5.41) is 20.4. The Kier molecular flexibility index (Phi) is 4.31. The molecule has 0 aliphatic rings. The van der Waals surface area contributed by atoms with E-state index in [1.54, 1.807) is 12.1 Å². The van der Waals surface area contributed by atoms with E-state index < -0.39 is 5.97 Å². The molecule has 0 saturated heterocycles. The summed E-state index contributed by atoms with van der Waals surface area (Å²) in [7, 11) is 0. The Balaban J connectivity index is 2.33. The van der Waals surface area contributed by atoms with Crippen LogP contribution in [0.5, 0.6) is 0 Å². The molecule has 102 valence electrons. The van der Waals surface area contributed by atoms with Gasteiger partial charge in [-0.25, -0.2) is 4.68 Å². The number of aromatic nitrogens is 4. The average Bonchev–Trinajstić information content (AvgIpc) is 2.95. The molecule has 19 heavy (non-hydrogen) atoms. The van der Waals surface area contributed by atoms with Crippen molar-refractivity contribution in [2.45, 2.75) is 32.2 Å². The van der Waals surface area contributed by atoms with Gasteiger partial charge in [0.2, 0.25) is 5.82 Å². The smallest absolute Gasteiger partial charge is 0.305 e. The summed E-state index contributed by atoms with van der Waals surface area (Å²) in [5.74, 6) is 0.0642. The molecule has 1 unspecified atom stereocenters. The number of carboxylic acid groups (broad SMARTS) is 1. The monoisotopic (exact) mass is 328 g/mol. The highest BCUT2D eigenvalue weighted by Crippen LogP contribution is 2.27. The van der Waals surface area contributed by atoms with Crippen LogP contribution in [0.1, 0.15) is 32.2 Å². The summed E-state index contributed by atoms with van der Waals surface area (Å²) in [5.41, 5.74) is 0. The van der Waals surface area contributed by atoms with Crippen molar-refractivity contribution in [2.24, 2.45) is 0 Å². The first-order valence-corrected chi connectivity index (χ1v) is 6.66. The van der Waals surface area contributed by atoms with Crippen molar-refractivity contribution in [3.8, 4) is 11.6 Å². The molecule has 2 heterocycles. The molecular weight excluding hydrogens is 316 g/mol. The van der Waals surface area contributed by atoms with Gasteiger partial charge < -0.3 is 9.52 Å². The lowest BCUT2D eigenvalue weighted by Gasteiger charge is -2.14. The van der Waals surface area contributed by atoms with Crippen LogP contribution in [0.15, 0.2) is 21.2 Å². The highest BCUT2D eigenvalue weighted by molar-refractivity contribution is 9.10. The first-order chi connectivity index (χ1) is 9.11. The molecule has 0 aromatic carbocycles. The fourth-order valence-electron chi connectivity index (χ4n) is 1.88. The number of aliphatic carboxylic acids is 1. The lowest BCUT2D eigenvalue weighted by Crippen LogP contribution is -2.16. The summed E-state index contributed by atoms with van der Waals surface area (Å²) in [4.78, 5) is 10.9. The second-order valence-electron chi connectivity index (χ2n) is 4.09. The minimum atomic E-state index is -0.875. The molecule has 0 bridgehead atoms. The summed E-state index contributed by atoms with van der Waals surface area (Å²) in [6, 6.07) is 3.19. The predicted molar refractivity (Wildman–Crippen MR) is 69.4 cm³/mol. The van der Waals surface area contributed by atoms with Crippen LogP contribution in [0.4, 0.5) is 0 Å². The third-order valence-electron chi connectivity index (χ3n) is 2.66. The molecule has 7 nitrogen and oxygen atoms in total. The molecule has 0 radical (unpaired) electrons. The Hall–Kier alpha value is -1.70. The van der Waals surface area contributed by atoms with E-state index in [4.69, 9.17) is 9.52 Å². The average molecular weight is 329 g/mol. The van der Waals surface area contributed by atoms with Crippen LogP contribution >= 0.6 is 15.9 Å². The molecule has 0 saturated carbocycles. The fraction of sp³-hybridized carbons (Fsp3) is 0.455. The molecule has 0 amide bonds. The zero-order valence-corrected chi connectivity index (χ0v) is 11.9. The highest BCUT2D eigenvalue weighted by atomic mass is 79.9. The molecular formula is C11H13BrN4O3. The molecule has 0 aliphatic carbocycles. The third-order valence-corrected chi connectivity index (χ3v) is 3.09. The van der Waals surface area contributed by atoms with Crippen molar-refractivity contribution in [3.63, 3.8) is 0 Å². The molecule has 8 heteroatoms. The van der Waals surface area contributed by atoms with Gasteiger partial charge in [0, 0.05) is 0 Å². The van der Waals surface area contributed by atoms with E-state index in [-0.39, 0.29) is 12.5 Å². The summed E-state index contributed by atoms with van der Waals surface area (Å²) in [6.07, 6.45) is 1.51. The Labute approximate surface area is 117 Å². The zero-order valence-electron chi connectivity index (χ0n) is 10.3. The SMILES string of the molecule is CCCC(CC(=O)O)n1nnnc1-c1ccc(Br)o1. The third kappa shape index (κ3) is 3.19. The van der Waals surface area contributed by atoms with Gasteiger partial charge in [-0.05, 0) is 44.9 Å². The van der Waals surface area contributed by atoms with Crippen LogP contribution in [0.3, 0.4) is 0 Å². The van der Waals surface area contributed by atoms with Gasteiger partial charge in [0.25, 0.3) is 0 Å². The maximum Gasteiger partial charge on any atom is 0.305 e. The van der Waals surface area contributed by atoms with Gasteiger partial charge in [-0.1, -0.05) is 13.3 Å². The van der Waals surface area contributed by atoms with Crippen LogP contribution < -0.4 is 0 Å². The zero-order chi connectivity index (χ0) is 13.8. The topological polar surface area (TPSA) is 94.0 Å². The predicted octanol–water partition coefficient (Wildman–Crippen LogP) is 2.51. The van der Waals surface area contributed by atoms with Gasteiger partial charge in [-0.3, -0.25) is 4.79 Å². The molecule has 0 aliphatic heterocycles. The van der Waals surface area contributed by atoms with Gasteiger partial charge in [0.05, 0.1) is 12.5 Å². The quantitative estimate of drug-likeness (QED) is 0.875. The van der Waals surface area contributed by atoms with Crippen LogP contribution in [0, 0.1) is 0 Å². The lowest BCUT2D eigenvalue weighted by atomic mass is 10.1. The fourth-order valence-corrected chi connectivity index (χ4v) is 2.19. The molecule has 0 fully saturated rings. The number of rotatable bonds is 6. The number of hydrogen-bond donors (Lipinski definition) is 1. The number of furan rings is 1. The molecule has 2 aromatic heterocycles. The van der Waals surface area contributed by atoms with Crippen LogP contribution in [-0.2, 0) is 4.79 Å². The lowest BCUT2D eigenvalue weighted by molar-refractivity contribution is -0.138. The van der Waals surface area contributed by atoms with E-state index in [1.807, 2.05) is 6.92 Å². The van der Waals surface area contributed by atoms with Crippen molar-refractivity contribution < 1.29 is 14.3 Å². The van der Waals surface area contributed by atoms with E-state index in [9.17, 15) is 4.79 Å². The number of carbonyl (C=O) groups is 1. The molecule has 2 rings (SSSR count). The first kappa shape index (κ1) is 13.7. The number of halogens is 1. The van der Waals surface area contributed by atoms with Crippen molar-refractivity contribution in [2.75, 3.05) is 0 Å². The van der Waals surface area contributed by atoms with Crippen LogP contribution in [0.25, 0.3) is 11.6 Å². The maximum atomic E-state index is 10.9. The maximum absolute atomic E-state index is 10.9. The number of tetrazole rings is 1. The van der Waals surface area contributed by atoms with E-state index in [1.165, 1.54) is 4.68 Å². The van der Waals surface area contributed by atoms with E-state index >= 15 is 0 Å². The van der Waals surface area contributed by atoms with Gasteiger partial charge >= 0.3 is 5.97 Å². The Morgan fingerprint density at radius 1 is 1.58 bits per heavy atom. The minimum absolute atomic E-state index is 0.0201. The first-order valence-electron chi connectivity index (χ1n) is 5.87. The minimum Gasteiger partial charge on any atom is -0.481 e. The van der Waals surface area contributed by atoms with Crippen molar-refractivity contribution in [1.82, 2.24) is 20.2 Å². The van der Waals surface area contributed by atoms with Gasteiger partial charge in [0.1, 0.15) is 0 Å². The normalized spacial score (nSPS) is 12.5. The molecule has 2 aromatic rings. The summed E-state index contributed by atoms with van der Waals surface area (Å²) >= 11 is 3.21. The van der Waals surface area contributed by atoms with Crippen molar-refractivity contribution >= 4 is 21.9 Å². The largest absolute Gasteiger partial charge is 0.481 e. The molecule has 1 atom stereocenters.